The van der Waals surface area contributed by atoms with Crippen molar-refractivity contribution in [2.24, 2.45) is 4.99 Å². The smallest absolute Gasteiger partial charge is 0.356 e. The summed E-state index contributed by atoms with van der Waals surface area (Å²) < 4.78 is 37.4. The second-order valence-electron chi connectivity index (χ2n) is 5.93. The van der Waals surface area contributed by atoms with Crippen molar-refractivity contribution in [1.29, 1.82) is 0 Å². The number of guanidine groups is 1. The van der Waals surface area contributed by atoms with E-state index < -0.39 is 12.6 Å². The molecule has 5 nitrogen and oxygen atoms in total. The van der Waals surface area contributed by atoms with Crippen molar-refractivity contribution in [2.45, 2.75) is 32.0 Å². The standard InChI is InChI=1S/C17H24BrF3N4O.HI/c1-25(2)15(26)12-24-16(22-10-4-3-9-17(19,20)21)23-11-13-5-7-14(18)8-6-13;/h5-8H,3-4,9-12H2,1-2H3,(H2,22,23,24);1H. The second kappa shape index (κ2) is 13.2. The fraction of sp³-hybridized carbons (Fsp3) is 0.529. The quantitative estimate of drug-likeness (QED) is 0.218. The van der Waals surface area contributed by atoms with Crippen LogP contribution in [0.5, 0.6) is 0 Å². The maximum atomic E-state index is 12.2. The minimum absolute atomic E-state index is 0. The number of nitrogens with one attached hydrogen (secondary N) is 2. The maximum absolute atomic E-state index is 12.2. The van der Waals surface area contributed by atoms with Crippen LogP contribution in [0.3, 0.4) is 0 Å². The summed E-state index contributed by atoms with van der Waals surface area (Å²) >= 11 is 3.36. The molecular weight excluding hydrogens is 540 g/mol. The molecule has 0 bridgehead atoms. The van der Waals surface area contributed by atoms with Gasteiger partial charge >= 0.3 is 6.18 Å². The molecule has 0 radical (unpaired) electrons. The van der Waals surface area contributed by atoms with E-state index in [2.05, 4.69) is 31.6 Å². The first-order valence-corrected chi connectivity index (χ1v) is 9.00. The van der Waals surface area contributed by atoms with Gasteiger partial charge in [0.2, 0.25) is 5.91 Å². The summed E-state index contributed by atoms with van der Waals surface area (Å²) in [5.74, 6) is 0.273. The molecule has 0 aliphatic carbocycles. The van der Waals surface area contributed by atoms with E-state index in [1.165, 1.54) is 4.90 Å². The average molecular weight is 565 g/mol. The Morgan fingerprint density at radius 3 is 2.33 bits per heavy atom. The molecule has 2 N–H and O–H groups in total. The molecule has 0 aromatic heterocycles. The number of nitrogens with zero attached hydrogens (tertiary/aromatic N) is 2. The Labute approximate surface area is 183 Å². The molecule has 0 saturated heterocycles. The SMILES string of the molecule is CN(C)C(=O)CNC(=NCc1ccc(Br)cc1)NCCCCC(F)(F)F.I. The first kappa shape index (κ1) is 26.0. The number of amides is 1. The van der Waals surface area contributed by atoms with E-state index in [1.54, 1.807) is 14.1 Å². The van der Waals surface area contributed by atoms with E-state index in [0.717, 1.165) is 10.0 Å². The zero-order valence-electron chi connectivity index (χ0n) is 15.3. The van der Waals surface area contributed by atoms with Gasteiger partial charge in [-0.3, -0.25) is 4.79 Å². The number of carbonyl (C=O) groups excluding carboxylic acids is 1. The summed E-state index contributed by atoms with van der Waals surface area (Å²) in [6, 6.07) is 7.63. The van der Waals surface area contributed by atoms with E-state index >= 15 is 0 Å². The molecule has 1 aromatic carbocycles. The fourth-order valence-electron chi connectivity index (χ4n) is 1.91. The summed E-state index contributed by atoms with van der Waals surface area (Å²) in [6.45, 7) is 0.793. The number of rotatable bonds is 8. The fourth-order valence-corrected chi connectivity index (χ4v) is 2.17. The summed E-state index contributed by atoms with van der Waals surface area (Å²) in [5.41, 5.74) is 0.977. The average Bonchev–Trinajstić information content (AvgIpc) is 2.56. The first-order valence-electron chi connectivity index (χ1n) is 8.21. The molecule has 1 amide bonds. The monoisotopic (exact) mass is 564 g/mol. The van der Waals surface area contributed by atoms with Crippen molar-refractivity contribution < 1.29 is 18.0 Å². The Morgan fingerprint density at radius 2 is 1.78 bits per heavy atom. The normalized spacial score (nSPS) is 11.6. The largest absolute Gasteiger partial charge is 0.389 e. The Hall–Kier alpha value is -1.04. The predicted octanol–water partition coefficient (Wildman–Crippen LogP) is 3.92. The van der Waals surface area contributed by atoms with Crippen LogP contribution < -0.4 is 10.6 Å². The van der Waals surface area contributed by atoms with Crippen molar-refractivity contribution in [1.82, 2.24) is 15.5 Å². The highest BCUT2D eigenvalue weighted by Gasteiger charge is 2.25. The van der Waals surface area contributed by atoms with Gasteiger partial charge in [-0.15, -0.1) is 24.0 Å². The molecule has 0 atom stereocenters. The summed E-state index contributed by atoms with van der Waals surface area (Å²) in [6.07, 6.45) is -4.52. The molecule has 0 spiro atoms. The first-order chi connectivity index (χ1) is 12.2. The zero-order chi connectivity index (χ0) is 19.6. The van der Waals surface area contributed by atoms with Gasteiger partial charge < -0.3 is 15.5 Å². The van der Waals surface area contributed by atoms with Gasteiger partial charge in [-0.25, -0.2) is 4.99 Å². The van der Waals surface area contributed by atoms with Crippen molar-refractivity contribution in [3.63, 3.8) is 0 Å². The molecule has 27 heavy (non-hydrogen) atoms. The predicted molar refractivity (Wildman–Crippen MR) is 115 cm³/mol. The van der Waals surface area contributed by atoms with Crippen LogP contribution >= 0.6 is 39.9 Å². The number of halogens is 5. The van der Waals surface area contributed by atoms with Gasteiger partial charge in [0.1, 0.15) is 0 Å². The van der Waals surface area contributed by atoms with E-state index in [-0.39, 0.29) is 42.8 Å². The Kier molecular flexibility index (Phi) is 12.7. The van der Waals surface area contributed by atoms with Crippen LogP contribution in [0.2, 0.25) is 0 Å². The molecule has 0 aliphatic heterocycles. The van der Waals surface area contributed by atoms with E-state index in [4.69, 9.17) is 0 Å². The van der Waals surface area contributed by atoms with Gasteiger partial charge in [-0.1, -0.05) is 28.1 Å². The number of alkyl halides is 3. The number of likely N-dealkylation sites (N-methyl/N-ethyl adjacent to an activating group) is 1. The van der Waals surface area contributed by atoms with Gasteiger partial charge in [-0.2, -0.15) is 13.2 Å². The maximum Gasteiger partial charge on any atom is 0.389 e. The van der Waals surface area contributed by atoms with E-state index in [9.17, 15) is 18.0 Å². The lowest BCUT2D eigenvalue weighted by molar-refractivity contribution is -0.135. The minimum Gasteiger partial charge on any atom is -0.356 e. The lowest BCUT2D eigenvalue weighted by Crippen LogP contribution is -2.43. The van der Waals surface area contributed by atoms with Crippen LogP contribution in [0.4, 0.5) is 13.2 Å². The van der Waals surface area contributed by atoms with Crippen LogP contribution in [0, 0.1) is 0 Å². The van der Waals surface area contributed by atoms with Gasteiger partial charge in [0.15, 0.2) is 5.96 Å². The molecule has 1 rings (SSSR count). The third kappa shape index (κ3) is 12.9. The van der Waals surface area contributed by atoms with E-state index in [1.807, 2.05) is 24.3 Å². The third-order valence-electron chi connectivity index (χ3n) is 3.42. The number of benzene rings is 1. The Bertz CT molecular complexity index is 595. The highest BCUT2D eigenvalue weighted by Crippen LogP contribution is 2.21. The van der Waals surface area contributed by atoms with E-state index in [0.29, 0.717) is 25.5 Å². The number of hydrogen-bond donors (Lipinski definition) is 2. The van der Waals surface area contributed by atoms with Crippen LogP contribution in [0.25, 0.3) is 0 Å². The van der Waals surface area contributed by atoms with Crippen LogP contribution in [0.1, 0.15) is 24.8 Å². The number of unbranched alkanes of at least 4 members (excludes halogenated alkanes) is 1. The van der Waals surface area contributed by atoms with Crippen molar-refractivity contribution >= 4 is 51.8 Å². The number of hydrogen-bond acceptors (Lipinski definition) is 2. The van der Waals surface area contributed by atoms with Gasteiger partial charge in [0, 0.05) is 31.5 Å². The highest BCUT2D eigenvalue weighted by molar-refractivity contribution is 14.0. The summed E-state index contributed by atoms with van der Waals surface area (Å²) in [5, 5.41) is 5.88. The zero-order valence-corrected chi connectivity index (χ0v) is 19.2. The minimum atomic E-state index is -4.13. The summed E-state index contributed by atoms with van der Waals surface area (Å²) in [4.78, 5) is 17.5. The van der Waals surface area contributed by atoms with Crippen molar-refractivity contribution in [3.8, 4) is 0 Å². The number of carbonyl (C=O) groups is 1. The van der Waals surface area contributed by atoms with Gasteiger partial charge in [0.05, 0.1) is 13.1 Å². The Balaban J connectivity index is 0.00000676. The topological polar surface area (TPSA) is 56.7 Å². The molecular formula is C17H25BrF3IN4O. The van der Waals surface area contributed by atoms with Gasteiger partial charge in [-0.05, 0) is 30.5 Å². The molecule has 0 saturated carbocycles. The molecule has 0 fully saturated rings. The third-order valence-corrected chi connectivity index (χ3v) is 3.95. The van der Waals surface area contributed by atoms with Crippen LogP contribution in [-0.4, -0.2) is 50.1 Å². The molecule has 10 heteroatoms. The number of aliphatic imine (C=N–C) groups is 1. The molecule has 154 valence electrons. The molecule has 1 aromatic rings. The molecule has 0 aliphatic rings. The second-order valence-corrected chi connectivity index (χ2v) is 6.85. The Morgan fingerprint density at radius 1 is 1.15 bits per heavy atom. The van der Waals surface area contributed by atoms with Crippen molar-refractivity contribution in [2.75, 3.05) is 27.2 Å². The van der Waals surface area contributed by atoms with Crippen LogP contribution in [0.15, 0.2) is 33.7 Å². The van der Waals surface area contributed by atoms with Gasteiger partial charge in [0.25, 0.3) is 0 Å². The summed E-state index contributed by atoms with van der Waals surface area (Å²) in [7, 11) is 3.29. The van der Waals surface area contributed by atoms with Crippen molar-refractivity contribution in [3.05, 3.63) is 34.3 Å². The molecule has 0 heterocycles. The highest BCUT2D eigenvalue weighted by atomic mass is 127. The van der Waals surface area contributed by atoms with Crippen LogP contribution in [-0.2, 0) is 11.3 Å². The lowest BCUT2D eigenvalue weighted by Gasteiger charge is -2.15. The molecule has 0 unspecified atom stereocenters. The lowest BCUT2D eigenvalue weighted by atomic mass is 10.2.